The molecule has 0 aromatic heterocycles. The Hall–Kier alpha value is -2.28. The Morgan fingerprint density at radius 1 is 1.43 bits per heavy atom. The maximum atomic E-state index is 12.2. The molecule has 114 valence electrons. The molecule has 2 unspecified atom stereocenters. The van der Waals surface area contributed by atoms with E-state index in [1.54, 1.807) is 7.05 Å². The summed E-state index contributed by atoms with van der Waals surface area (Å²) in [4.78, 5) is 24.6. The highest BCUT2D eigenvalue weighted by molar-refractivity contribution is 5.97. The number of benzene rings is 1. The van der Waals surface area contributed by atoms with Gasteiger partial charge in [0.2, 0.25) is 0 Å². The van der Waals surface area contributed by atoms with Gasteiger partial charge < -0.3 is 25.2 Å². The highest BCUT2D eigenvalue weighted by Gasteiger charge is 2.31. The number of nitrogens with zero attached hydrogens (tertiary/aromatic N) is 1. The van der Waals surface area contributed by atoms with E-state index in [-0.39, 0.29) is 23.4 Å². The highest BCUT2D eigenvalue weighted by atomic mass is 16.5. The quantitative estimate of drug-likeness (QED) is 0.737. The first-order chi connectivity index (χ1) is 9.91. The number of carbonyl (C=O) groups is 2. The van der Waals surface area contributed by atoms with E-state index < -0.39 is 17.7 Å². The van der Waals surface area contributed by atoms with E-state index in [2.05, 4.69) is 5.32 Å². The van der Waals surface area contributed by atoms with Crippen LogP contribution >= 0.6 is 0 Å². The standard InChI is InChI=1S/C14H18N2O5/c1-8-11(6-7-21-8)16(2)14(20)15-10-5-3-4-9(12(10)17)13(18)19/h3-5,8,11,17H,6-7H2,1-2H3,(H,15,20)(H,18,19). The van der Waals surface area contributed by atoms with Gasteiger partial charge in [0.25, 0.3) is 0 Å². The summed E-state index contributed by atoms with van der Waals surface area (Å²) in [6.45, 7) is 2.49. The zero-order valence-electron chi connectivity index (χ0n) is 11.9. The molecule has 1 fully saturated rings. The fourth-order valence-electron chi connectivity index (χ4n) is 2.40. The predicted molar refractivity (Wildman–Crippen MR) is 75.7 cm³/mol. The topological polar surface area (TPSA) is 99.1 Å². The van der Waals surface area contributed by atoms with Gasteiger partial charge in [-0.15, -0.1) is 0 Å². The number of hydrogen-bond acceptors (Lipinski definition) is 4. The maximum Gasteiger partial charge on any atom is 0.339 e. The Kier molecular flexibility index (Phi) is 4.32. The Morgan fingerprint density at radius 2 is 2.14 bits per heavy atom. The Morgan fingerprint density at radius 3 is 2.71 bits per heavy atom. The number of nitrogens with one attached hydrogen (secondary N) is 1. The lowest BCUT2D eigenvalue weighted by molar-refractivity contribution is 0.0693. The van der Waals surface area contributed by atoms with Gasteiger partial charge in [-0.3, -0.25) is 0 Å². The molecule has 7 heteroatoms. The van der Waals surface area contributed by atoms with Gasteiger partial charge in [-0.25, -0.2) is 9.59 Å². The van der Waals surface area contributed by atoms with E-state index in [0.717, 1.165) is 6.42 Å². The van der Waals surface area contributed by atoms with Crippen molar-refractivity contribution in [3.63, 3.8) is 0 Å². The maximum absolute atomic E-state index is 12.2. The number of rotatable bonds is 3. The minimum Gasteiger partial charge on any atom is -0.505 e. The fraction of sp³-hybridized carbons (Fsp3) is 0.429. The van der Waals surface area contributed by atoms with Crippen molar-refractivity contribution in [1.29, 1.82) is 0 Å². The Bertz CT molecular complexity index is 560. The first kappa shape index (κ1) is 15.1. The number of anilines is 1. The number of aromatic carboxylic acids is 1. The van der Waals surface area contributed by atoms with Crippen molar-refractivity contribution in [1.82, 2.24) is 4.90 Å². The molecular weight excluding hydrogens is 276 g/mol. The smallest absolute Gasteiger partial charge is 0.339 e. The monoisotopic (exact) mass is 294 g/mol. The third-order valence-corrected chi connectivity index (χ3v) is 3.66. The average molecular weight is 294 g/mol. The molecule has 1 heterocycles. The number of amides is 2. The van der Waals surface area contributed by atoms with Crippen LogP contribution in [0, 0.1) is 0 Å². The molecule has 0 aliphatic carbocycles. The SMILES string of the molecule is CC1OCCC1N(C)C(=O)Nc1cccc(C(=O)O)c1O. The fourth-order valence-corrected chi connectivity index (χ4v) is 2.40. The second-order valence-corrected chi connectivity index (χ2v) is 4.98. The van der Waals surface area contributed by atoms with Gasteiger partial charge in [-0.05, 0) is 25.5 Å². The molecule has 0 bridgehead atoms. The normalized spacial score (nSPS) is 21.0. The number of ether oxygens (including phenoxy) is 1. The lowest BCUT2D eigenvalue weighted by Crippen LogP contribution is -2.43. The van der Waals surface area contributed by atoms with Crippen LogP contribution in [0.3, 0.4) is 0 Å². The second-order valence-electron chi connectivity index (χ2n) is 4.98. The highest BCUT2D eigenvalue weighted by Crippen LogP contribution is 2.28. The van der Waals surface area contributed by atoms with E-state index in [1.807, 2.05) is 6.92 Å². The van der Waals surface area contributed by atoms with Gasteiger partial charge in [0.1, 0.15) is 5.56 Å². The van der Waals surface area contributed by atoms with Crippen molar-refractivity contribution in [3.8, 4) is 5.75 Å². The van der Waals surface area contributed by atoms with Gasteiger partial charge in [0.15, 0.2) is 5.75 Å². The zero-order valence-corrected chi connectivity index (χ0v) is 11.9. The third kappa shape index (κ3) is 3.08. The van der Waals surface area contributed by atoms with Crippen LogP contribution in [0.25, 0.3) is 0 Å². The first-order valence-electron chi connectivity index (χ1n) is 6.62. The molecule has 0 saturated carbocycles. The number of urea groups is 1. The summed E-state index contributed by atoms with van der Waals surface area (Å²) in [6, 6.07) is 3.71. The van der Waals surface area contributed by atoms with Crippen LogP contribution in [0.2, 0.25) is 0 Å². The van der Waals surface area contributed by atoms with Gasteiger partial charge in [0, 0.05) is 13.7 Å². The molecule has 1 aliphatic heterocycles. The van der Waals surface area contributed by atoms with Crippen molar-refractivity contribution >= 4 is 17.7 Å². The second kappa shape index (κ2) is 6.01. The number of aromatic hydroxyl groups is 1. The van der Waals surface area contributed by atoms with Gasteiger partial charge in [-0.1, -0.05) is 6.07 Å². The van der Waals surface area contributed by atoms with Gasteiger partial charge in [0.05, 0.1) is 17.8 Å². The Balaban J connectivity index is 2.12. The number of hydrogen-bond donors (Lipinski definition) is 3. The van der Waals surface area contributed by atoms with Gasteiger partial charge >= 0.3 is 12.0 Å². The van der Waals surface area contributed by atoms with Crippen LogP contribution < -0.4 is 5.32 Å². The summed E-state index contributed by atoms with van der Waals surface area (Å²) in [5.74, 6) is -1.71. The van der Waals surface area contributed by atoms with E-state index >= 15 is 0 Å². The largest absolute Gasteiger partial charge is 0.505 e. The Labute approximate surface area is 122 Å². The predicted octanol–water partition coefficient (Wildman–Crippen LogP) is 1.73. The lowest BCUT2D eigenvalue weighted by Gasteiger charge is -2.27. The van der Waals surface area contributed by atoms with E-state index in [0.29, 0.717) is 6.61 Å². The molecule has 1 saturated heterocycles. The summed E-state index contributed by atoms with van der Waals surface area (Å²) >= 11 is 0. The molecule has 7 nitrogen and oxygen atoms in total. The lowest BCUT2D eigenvalue weighted by atomic mass is 10.1. The van der Waals surface area contributed by atoms with Crippen molar-refractivity contribution in [3.05, 3.63) is 23.8 Å². The van der Waals surface area contributed by atoms with Crippen LogP contribution in [0.1, 0.15) is 23.7 Å². The number of carboxylic acids is 1. The number of carbonyl (C=O) groups excluding carboxylic acids is 1. The molecule has 0 spiro atoms. The summed E-state index contributed by atoms with van der Waals surface area (Å²) in [6.07, 6.45) is 0.686. The van der Waals surface area contributed by atoms with E-state index in [4.69, 9.17) is 9.84 Å². The summed E-state index contributed by atoms with van der Waals surface area (Å²) < 4.78 is 5.41. The average Bonchev–Trinajstić information content (AvgIpc) is 2.86. The number of likely N-dealkylation sites (N-methyl/N-ethyl adjacent to an activating group) is 1. The van der Waals surface area contributed by atoms with Crippen molar-refractivity contribution in [2.24, 2.45) is 0 Å². The summed E-state index contributed by atoms with van der Waals surface area (Å²) in [5, 5.41) is 21.3. The zero-order chi connectivity index (χ0) is 15.6. The summed E-state index contributed by atoms with van der Waals surface area (Å²) in [5.41, 5.74) is -0.189. The molecule has 2 atom stereocenters. The third-order valence-electron chi connectivity index (χ3n) is 3.66. The van der Waals surface area contributed by atoms with Crippen LogP contribution in [-0.2, 0) is 4.74 Å². The van der Waals surface area contributed by atoms with Crippen LogP contribution in [0.15, 0.2) is 18.2 Å². The summed E-state index contributed by atoms with van der Waals surface area (Å²) in [7, 11) is 1.64. The minimum atomic E-state index is -1.25. The molecule has 2 rings (SSSR count). The molecular formula is C14H18N2O5. The number of para-hydroxylation sites is 1. The molecule has 2 amide bonds. The molecule has 21 heavy (non-hydrogen) atoms. The van der Waals surface area contributed by atoms with E-state index in [1.165, 1.54) is 23.1 Å². The minimum absolute atomic E-state index is 0.0465. The van der Waals surface area contributed by atoms with Crippen molar-refractivity contribution < 1.29 is 24.5 Å². The van der Waals surface area contributed by atoms with Crippen LogP contribution in [-0.4, -0.2) is 52.9 Å². The number of phenols is 1. The molecule has 1 aliphatic rings. The van der Waals surface area contributed by atoms with Crippen molar-refractivity contribution in [2.75, 3.05) is 19.0 Å². The van der Waals surface area contributed by atoms with Crippen molar-refractivity contribution in [2.45, 2.75) is 25.5 Å². The molecule has 0 radical (unpaired) electrons. The first-order valence-corrected chi connectivity index (χ1v) is 6.62. The molecule has 1 aromatic carbocycles. The van der Waals surface area contributed by atoms with Gasteiger partial charge in [-0.2, -0.15) is 0 Å². The van der Waals surface area contributed by atoms with E-state index in [9.17, 15) is 14.7 Å². The molecule has 1 aromatic rings. The number of carboxylic acid groups (broad SMARTS) is 1. The van der Waals surface area contributed by atoms with Crippen LogP contribution in [0.5, 0.6) is 5.75 Å². The molecule has 3 N–H and O–H groups in total. The van der Waals surface area contributed by atoms with Crippen LogP contribution in [0.4, 0.5) is 10.5 Å².